The highest BCUT2D eigenvalue weighted by molar-refractivity contribution is 5.99. The summed E-state index contributed by atoms with van der Waals surface area (Å²) in [4.78, 5) is 72.3. The van der Waals surface area contributed by atoms with Crippen LogP contribution in [0.3, 0.4) is 0 Å². The summed E-state index contributed by atoms with van der Waals surface area (Å²) in [6, 6.07) is 5.92. The van der Waals surface area contributed by atoms with Gasteiger partial charge >= 0.3 is 11.9 Å². The minimum absolute atomic E-state index is 0.0488. The fraction of sp³-hybridized carbons (Fsp3) is 0.448. The summed E-state index contributed by atoms with van der Waals surface area (Å²) in [5.74, 6) is -6.44. The number of carbonyl (C=O) groups is 6. The maximum Gasteiger partial charge on any atom is 0.326 e. The Bertz CT molecular complexity index is 1320. The second kappa shape index (κ2) is 16.7. The van der Waals surface area contributed by atoms with Crippen molar-refractivity contribution in [3.8, 4) is 11.3 Å². The van der Waals surface area contributed by atoms with Gasteiger partial charge in [0.25, 0.3) is 11.8 Å². The normalized spacial score (nSPS) is 12.8. The number of carboxylic acid groups (broad SMARTS) is 2. The van der Waals surface area contributed by atoms with E-state index in [0.717, 1.165) is 19.3 Å². The van der Waals surface area contributed by atoms with Gasteiger partial charge in [-0.25, -0.2) is 10.3 Å². The molecule has 2 rings (SSSR count). The van der Waals surface area contributed by atoms with Crippen LogP contribution < -0.4 is 21.4 Å². The number of carbonyl (C=O) groups excluding carboxylic acids is 4. The van der Waals surface area contributed by atoms with Crippen molar-refractivity contribution in [3.05, 3.63) is 47.2 Å². The Morgan fingerprint density at radius 3 is 2.19 bits per heavy atom. The molecule has 14 nitrogen and oxygen atoms in total. The Hall–Kier alpha value is -4.72. The molecule has 2 aromatic rings. The van der Waals surface area contributed by atoms with E-state index in [0.29, 0.717) is 29.7 Å². The van der Waals surface area contributed by atoms with Crippen molar-refractivity contribution in [2.75, 3.05) is 6.67 Å². The quantitative estimate of drug-likeness (QED) is 0.0606. The fourth-order valence-corrected chi connectivity index (χ4v) is 4.59. The second-order valence-corrected chi connectivity index (χ2v) is 9.97. The van der Waals surface area contributed by atoms with Crippen LogP contribution in [-0.4, -0.2) is 63.7 Å². The molecule has 0 unspecified atom stereocenters. The summed E-state index contributed by atoms with van der Waals surface area (Å²) in [6.07, 6.45) is 2.55. The van der Waals surface area contributed by atoms with E-state index in [1.807, 2.05) is 6.92 Å². The molecule has 3 atom stereocenters. The van der Waals surface area contributed by atoms with Crippen LogP contribution in [0.4, 0.5) is 0 Å². The van der Waals surface area contributed by atoms with Crippen LogP contribution in [0.15, 0.2) is 34.7 Å². The van der Waals surface area contributed by atoms with Gasteiger partial charge in [-0.3, -0.25) is 29.2 Å². The second-order valence-electron chi connectivity index (χ2n) is 9.97. The molecule has 43 heavy (non-hydrogen) atoms. The van der Waals surface area contributed by atoms with Crippen LogP contribution in [0.5, 0.6) is 0 Å². The lowest BCUT2D eigenvalue weighted by Gasteiger charge is -2.24. The standard InChI is InChI=1S/C29H38N4O10/c1-4-6-7-8-20(18(5-2)27(38)33-42)25(36)30-15-31-28(39)23-12-11-22(43-23)17-9-10-19(16(3)13-17)26(37)32-21(29(40)41)14-24(34)35/h9-13,18,20-21,42H,4-8,14-15H2,1-3H3,(H,30,36)(H,31,39)(H,32,37)(H,33,38)(H,34,35)(H,40,41)/t18-,20-,21+/m1/s1. The minimum atomic E-state index is -1.60. The Morgan fingerprint density at radius 2 is 1.60 bits per heavy atom. The van der Waals surface area contributed by atoms with Gasteiger partial charge in [0, 0.05) is 17.0 Å². The topological polar surface area (TPSA) is 224 Å². The third kappa shape index (κ3) is 9.95. The first-order chi connectivity index (χ1) is 20.4. The largest absolute Gasteiger partial charge is 0.481 e. The zero-order valence-electron chi connectivity index (χ0n) is 24.3. The molecule has 0 bridgehead atoms. The van der Waals surface area contributed by atoms with Gasteiger partial charge in [-0.1, -0.05) is 39.2 Å². The van der Waals surface area contributed by atoms with E-state index < -0.39 is 59.9 Å². The molecule has 1 heterocycles. The molecule has 0 aliphatic carbocycles. The lowest BCUT2D eigenvalue weighted by Crippen LogP contribution is -2.44. The number of rotatable bonds is 17. The molecule has 0 spiro atoms. The SMILES string of the molecule is CCCCC[C@@H](C(=O)NCNC(=O)c1ccc(-c2ccc(C(=O)N[C@@H](CC(=O)O)C(=O)O)c(C)c2)o1)[C@@H](CC)C(=O)NO. The Balaban J connectivity index is 2.04. The molecular formula is C29H38N4O10. The summed E-state index contributed by atoms with van der Waals surface area (Å²) in [5.41, 5.74) is 2.73. The summed E-state index contributed by atoms with van der Waals surface area (Å²) >= 11 is 0. The average molecular weight is 603 g/mol. The van der Waals surface area contributed by atoms with E-state index >= 15 is 0 Å². The molecule has 0 saturated heterocycles. The molecular weight excluding hydrogens is 564 g/mol. The van der Waals surface area contributed by atoms with Gasteiger partial charge in [0.15, 0.2) is 5.76 Å². The first-order valence-corrected chi connectivity index (χ1v) is 13.9. The van der Waals surface area contributed by atoms with Crippen LogP contribution in [0.2, 0.25) is 0 Å². The molecule has 1 aromatic heterocycles. The van der Waals surface area contributed by atoms with Crippen LogP contribution >= 0.6 is 0 Å². The molecule has 0 saturated carbocycles. The van der Waals surface area contributed by atoms with Crippen molar-refractivity contribution in [2.24, 2.45) is 11.8 Å². The fourth-order valence-electron chi connectivity index (χ4n) is 4.59. The lowest BCUT2D eigenvalue weighted by molar-refractivity contribution is -0.145. The van der Waals surface area contributed by atoms with E-state index in [4.69, 9.17) is 19.8 Å². The predicted octanol–water partition coefficient (Wildman–Crippen LogP) is 2.44. The van der Waals surface area contributed by atoms with E-state index in [-0.39, 0.29) is 18.0 Å². The molecule has 0 fully saturated rings. The van der Waals surface area contributed by atoms with Crippen molar-refractivity contribution in [1.82, 2.24) is 21.4 Å². The third-order valence-corrected chi connectivity index (χ3v) is 6.91. The molecule has 14 heteroatoms. The number of furan rings is 1. The third-order valence-electron chi connectivity index (χ3n) is 6.91. The molecule has 4 amide bonds. The Labute approximate surface area is 248 Å². The number of carboxylic acids is 2. The lowest BCUT2D eigenvalue weighted by atomic mass is 9.84. The summed E-state index contributed by atoms with van der Waals surface area (Å²) in [6.45, 7) is 5.14. The number of nitrogens with one attached hydrogen (secondary N) is 4. The summed E-state index contributed by atoms with van der Waals surface area (Å²) in [5, 5.41) is 34.5. The molecule has 0 radical (unpaired) electrons. The highest BCUT2D eigenvalue weighted by atomic mass is 16.5. The molecule has 234 valence electrons. The average Bonchev–Trinajstić information content (AvgIpc) is 3.46. The van der Waals surface area contributed by atoms with Crippen LogP contribution in [0.25, 0.3) is 11.3 Å². The van der Waals surface area contributed by atoms with Gasteiger partial charge in [-0.15, -0.1) is 0 Å². The number of hydrogen-bond acceptors (Lipinski definition) is 8. The van der Waals surface area contributed by atoms with Crippen LogP contribution in [0, 0.1) is 18.8 Å². The Morgan fingerprint density at radius 1 is 0.884 bits per heavy atom. The van der Waals surface area contributed by atoms with Gasteiger partial charge in [0.05, 0.1) is 19.0 Å². The van der Waals surface area contributed by atoms with Crippen LogP contribution in [0.1, 0.15) is 78.8 Å². The maximum atomic E-state index is 12.9. The first kappa shape index (κ1) is 34.5. The Kier molecular flexibility index (Phi) is 13.4. The summed E-state index contributed by atoms with van der Waals surface area (Å²) in [7, 11) is 0. The van der Waals surface area contributed by atoms with Gasteiger partial charge in [0.1, 0.15) is 11.8 Å². The van der Waals surface area contributed by atoms with Gasteiger partial charge in [-0.2, -0.15) is 0 Å². The number of unbranched alkanes of at least 4 members (excludes halogenated alkanes) is 2. The van der Waals surface area contributed by atoms with Gasteiger partial charge in [-0.05, 0) is 49.6 Å². The highest BCUT2D eigenvalue weighted by Crippen LogP contribution is 2.25. The van der Waals surface area contributed by atoms with Crippen molar-refractivity contribution >= 4 is 35.6 Å². The number of benzene rings is 1. The predicted molar refractivity (Wildman–Crippen MR) is 152 cm³/mol. The monoisotopic (exact) mass is 602 g/mol. The molecule has 7 N–H and O–H groups in total. The zero-order chi connectivity index (χ0) is 32.1. The van der Waals surface area contributed by atoms with E-state index in [9.17, 15) is 28.8 Å². The maximum absolute atomic E-state index is 12.9. The molecule has 0 aliphatic heterocycles. The van der Waals surface area contributed by atoms with Crippen molar-refractivity contribution in [3.63, 3.8) is 0 Å². The molecule has 0 aliphatic rings. The van der Waals surface area contributed by atoms with E-state index in [2.05, 4.69) is 16.0 Å². The first-order valence-electron chi connectivity index (χ1n) is 13.9. The summed E-state index contributed by atoms with van der Waals surface area (Å²) < 4.78 is 5.65. The minimum Gasteiger partial charge on any atom is -0.481 e. The van der Waals surface area contributed by atoms with E-state index in [1.54, 1.807) is 31.5 Å². The smallest absolute Gasteiger partial charge is 0.326 e. The highest BCUT2D eigenvalue weighted by Gasteiger charge is 2.32. The van der Waals surface area contributed by atoms with Crippen molar-refractivity contribution < 1.29 is 48.6 Å². The van der Waals surface area contributed by atoms with Gasteiger partial charge in [0.2, 0.25) is 11.8 Å². The van der Waals surface area contributed by atoms with Crippen molar-refractivity contribution in [2.45, 2.75) is 65.3 Å². The number of hydrogen-bond donors (Lipinski definition) is 7. The van der Waals surface area contributed by atoms with Gasteiger partial charge < -0.3 is 30.6 Å². The number of aryl methyl sites for hydroxylation is 1. The number of hydroxylamine groups is 1. The van der Waals surface area contributed by atoms with Crippen LogP contribution in [-0.2, 0) is 19.2 Å². The molecule has 1 aromatic carbocycles. The van der Waals surface area contributed by atoms with Crippen molar-refractivity contribution in [1.29, 1.82) is 0 Å². The number of aliphatic carboxylic acids is 2. The van der Waals surface area contributed by atoms with E-state index in [1.165, 1.54) is 18.2 Å². The number of amides is 4. The zero-order valence-corrected chi connectivity index (χ0v) is 24.3.